The normalized spacial score (nSPS) is 14.9. The lowest BCUT2D eigenvalue weighted by Crippen LogP contribution is -2.38. The third-order valence-electron chi connectivity index (χ3n) is 3.83. The van der Waals surface area contributed by atoms with Crippen LogP contribution in [0.2, 0.25) is 0 Å². The van der Waals surface area contributed by atoms with E-state index < -0.39 is 0 Å². The molecular formula is C17H28N4O2. The zero-order chi connectivity index (χ0) is 17.2. The Labute approximate surface area is 138 Å². The van der Waals surface area contributed by atoms with Gasteiger partial charge in [-0.2, -0.15) is 5.10 Å². The molecule has 0 unspecified atom stereocenters. The smallest absolute Gasteiger partial charge is 0.269 e. The minimum absolute atomic E-state index is 0.00463. The van der Waals surface area contributed by atoms with Crippen molar-refractivity contribution in [3.8, 4) is 0 Å². The van der Waals surface area contributed by atoms with Crippen LogP contribution in [-0.2, 0) is 10.3 Å². The lowest BCUT2D eigenvalue weighted by Gasteiger charge is -2.22. The average molecular weight is 320 g/mol. The molecule has 128 valence electrons. The van der Waals surface area contributed by atoms with Crippen molar-refractivity contribution in [3.63, 3.8) is 0 Å². The predicted octanol–water partition coefficient (Wildman–Crippen LogP) is 2.02. The van der Waals surface area contributed by atoms with E-state index in [0.717, 1.165) is 18.5 Å². The van der Waals surface area contributed by atoms with E-state index in [4.69, 9.17) is 0 Å². The number of aromatic nitrogens is 2. The average Bonchev–Trinajstić information content (AvgIpc) is 3.20. The highest BCUT2D eigenvalue weighted by molar-refractivity contribution is 5.92. The van der Waals surface area contributed by atoms with Gasteiger partial charge in [0.15, 0.2) is 0 Å². The van der Waals surface area contributed by atoms with Crippen LogP contribution in [0.25, 0.3) is 0 Å². The molecule has 6 nitrogen and oxygen atoms in total. The van der Waals surface area contributed by atoms with Gasteiger partial charge in [-0.15, -0.1) is 0 Å². The van der Waals surface area contributed by atoms with Crippen LogP contribution in [0.3, 0.4) is 0 Å². The van der Waals surface area contributed by atoms with Gasteiger partial charge in [0.1, 0.15) is 5.69 Å². The topological polar surface area (TPSA) is 76.0 Å². The first-order valence-corrected chi connectivity index (χ1v) is 8.36. The second kappa shape index (κ2) is 6.72. The molecule has 0 spiro atoms. The van der Waals surface area contributed by atoms with E-state index in [1.165, 1.54) is 0 Å². The summed E-state index contributed by atoms with van der Waals surface area (Å²) in [7, 11) is 0. The van der Waals surface area contributed by atoms with Gasteiger partial charge in [0.25, 0.3) is 5.91 Å². The monoisotopic (exact) mass is 320 g/mol. The fraction of sp³-hybridized carbons (Fsp3) is 0.706. The van der Waals surface area contributed by atoms with Gasteiger partial charge in [0.2, 0.25) is 5.91 Å². The Morgan fingerprint density at radius 1 is 1.26 bits per heavy atom. The molecular weight excluding hydrogens is 292 g/mol. The summed E-state index contributed by atoms with van der Waals surface area (Å²) < 4.78 is 1.81. The van der Waals surface area contributed by atoms with Crippen molar-refractivity contribution in [2.45, 2.75) is 58.9 Å². The second-order valence-electron chi connectivity index (χ2n) is 7.51. The Kier molecular flexibility index (Phi) is 5.12. The van der Waals surface area contributed by atoms with Crippen molar-refractivity contribution >= 4 is 11.8 Å². The molecule has 0 radical (unpaired) electrons. The van der Waals surface area contributed by atoms with Crippen molar-refractivity contribution in [2.75, 3.05) is 13.1 Å². The number of nitrogens with one attached hydrogen (secondary N) is 2. The second-order valence-corrected chi connectivity index (χ2v) is 7.51. The zero-order valence-electron chi connectivity index (χ0n) is 14.8. The molecule has 0 aliphatic heterocycles. The predicted molar refractivity (Wildman–Crippen MR) is 89.4 cm³/mol. The molecule has 2 amide bonds. The molecule has 1 aromatic rings. The van der Waals surface area contributed by atoms with Crippen LogP contribution < -0.4 is 10.6 Å². The van der Waals surface area contributed by atoms with Crippen molar-refractivity contribution in [1.82, 2.24) is 20.4 Å². The fourth-order valence-electron chi connectivity index (χ4n) is 2.31. The molecule has 2 N–H and O–H groups in total. The molecule has 0 atom stereocenters. The van der Waals surface area contributed by atoms with E-state index in [1.54, 1.807) is 0 Å². The van der Waals surface area contributed by atoms with E-state index in [2.05, 4.69) is 15.7 Å². The van der Waals surface area contributed by atoms with E-state index >= 15 is 0 Å². The highest BCUT2D eigenvalue weighted by Crippen LogP contribution is 2.40. The quantitative estimate of drug-likeness (QED) is 0.787. The largest absolute Gasteiger partial charge is 0.354 e. The third-order valence-corrected chi connectivity index (χ3v) is 3.83. The Morgan fingerprint density at radius 2 is 1.87 bits per heavy atom. The summed E-state index contributed by atoms with van der Waals surface area (Å²) in [6, 6.07) is 1.91. The maximum Gasteiger partial charge on any atom is 0.269 e. The van der Waals surface area contributed by atoms with Crippen molar-refractivity contribution in [1.29, 1.82) is 0 Å². The van der Waals surface area contributed by atoms with Crippen molar-refractivity contribution in [3.05, 3.63) is 17.5 Å². The minimum atomic E-state index is -0.244. The summed E-state index contributed by atoms with van der Waals surface area (Å²) in [4.78, 5) is 24.0. The van der Waals surface area contributed by atoms with Gasteiger partial charge in [-0.25, -0.2) is 0 Å². The molecule has 6 heteroatoms. The Morgan fingerprint density at radius 3 is 2.39 bits per heavy atom. The third kappa shape index (κ3) is 4.56. The molecule has 2 rings (SSSR count). The SMILES string of the molecule is CC(C)C(=O)NCCNC(=O)c1cc(C2CC2)nn1C(C)(C)C. The first kappa shape index (κ1) is 17.5. The summed E-state index contributed by atoms with van der Waals surface area (Å²) in [5, 5.41) is 10.3. The first-order valence-electron chi connectivity index (χ1n) is 8.36. The van der Waals surface area contributed by atoms with Crippen LogP contribution in [0.15, 0.2) is 6.07 Å². The number of amides is 2. The first-order chi connectivity index (χ1) is 10.7. The number of carbonyl (C=O) groups excluding carboxylic acids is 2. The van der Waals surface area contributed by atoms with E-state index in [1.807, 2.05) is 45.4 Å². The number of hydrogen-bond donors (Lipinski definition) is 2. The molecule has 1 aromatic heterocycles. The number of rotatable bonds is 6. The van der Waals surface area contributed by atoms with Crippen LogP contribution in [0.1, 0.15) is 69.6 Å². The van der Waals surface area contributed by atoms with Crippen molar-refractivity contribution in [2.24, 2.45) is 5.92 Å². The van der Waals surface area contributed by atoms with Gasteiger partial charge < -0.3 is 10.6 Å². The lowest BCUT2D eigenvalue weighted by atomic mass is 10.1. The maximum absolute atomic E-state index is 12.5. The van der Waals surface area contributed by atoms with E-state index in [-0.39, 0.29) is 23.3 Å². The molecule has 23 heavy (non-hydrogen) atoms. The molecule has 1 heterocycles. The van der Waals surface area contributed by atoms with Crippen molar-refractivity contribution < 1.29 is 9.59 Å². The van der Waals surface area contributed by atoms with Gasteiger partial charge in [-0.05, 0) is 39.7 Å². The van der Waals surface area contributed by atoms with Crippen LogP contribution in [-0.4, -0.2) is 34.7 Å². The van der Waals surface area contributed by atoms with Crippen LogP contribution in [0.4, 0.5) is 0 Å². The molecule has 1 fully saturated rings. The van der Waals surface area contributed by atoms with Gasteiger partial charge in [0, 0.05) is 24.9 Å². The van der Waals surface area contributed by atoms with E-state index in [9.17, 15) is 9.59 Å². The summed E-state index contributed by atoms with van der Waals surface area (Å²) in [6.07, 6.45) is 2.31. The molecule has 0 saturated heterocycles. The highest BCUT2D eigenvalue weighted by atomic mass is 16.2. The Hall–Kier alpha value is -1.85. The van der Waals surface area contributed by atoms with Gasteiger partial charge in [-0.3, -0.25) is 14.3 Å². The number of carbonyl (C=O) groups is 2. The van der Waals surface area contributed by atoms with Crippen LogP contribution in [0.5, 0.6) is 0 Å². The molecule has 0 bridgehead atoms. The van der Waals surface area contributed by atoms with Crippen LogP contribution in [0, 0.1) is 5.92 Å². The molecule has 1 aliphatic carbocycles. The Balaban J connectivity index is 1.97. The fourth-order valence-corrected chi connectivity index (χ4v) is 2.31. The van der Waals surface area contributed by atoms with Gasteiger partial charge >= 0.3 is 0 Å². The van der Waals surface area contributed by atoms with Gasteiger partial charge in [-0.1, -0.05) is 13.8 Å². The number of nitrogens with zero attached hydrogens (tertiary/aromatic N) is 2. The minimum Gasteiger partial charge on any atom is -0.354 e. The standard InChI is InChI=1S/C17H28N4O2/c1-11(2)15(22)18-8-9-19-16(23)14-10-13(12-6-7-12)20-21(14)17(3,4)5/h10-12H,6-9H2,1-5H3,(H,18,22)(H,19,23). The summed E-state index contributed by atoms with van der Waals surface area (Å²) >= 11 is 0. The maximum atomic E-state index is 12.5. The molecule has 1 saturated carbocycles. The summed E-state index contributed by atoms with van der Waals surface area (Å²) in [5.74, 6) is 0.317. The molecule has 1 aliphatic rings. The summed E-state index contributed by atoms with van der Waals surface area (Å²) in [5.41, 5.74) is 1.36. The van der Waals surface area contributed by atoms with Gasteiger partial charge in [0.05, 0.1) is 11.2 Å². The number of hydrogen-bond acceptors (Lipinski definition) is 3. The Bertz CT molecular complexity index is 580. The zero-order valence-corrected chi connectivity index (χ0v) is 14.8. The highest BCUT2D eigenvalue weighted by Gasteiger charge is 2.31. The van der Waals surface area contributed by atoms with Crippen LogP contribution >= 0.6 is 0 Å². The van der Waals surface area contributed by atoms with E-state index in [0.29, 0.717) is 24.7 Å². The molecule has 0 aromatic carbocycles. The lowest BCUT2D eigenvalue weighted by molar-refractivity contribution is -0.123. The summed E-state index contributed by atoms with van der Waals surface area (Å²) in [6.45, 7) is 10.6.